The second kappa shape index (κ2) is 7.80. The van der Waals surface area contributed by atoms with Crippen molar-refractivity contribution in [3.05, 3.63) is 42.2 Å². The Kier molecular flexibility index (Phi) is 6.21. The van der Waals surface area contributed by atoms with Gasteiger partial charge < -0.3 is 24.5 Å². The van der Waals surface area contributed by atoms with Crippen LogP contribution in [0.4, 0.5) is 4.79 Å². The van der Waals surface area contributed by atoms with Crippen molar-refractivity contribution < 1.29 is 23.9 Å². The Bertz CT molecular complexity index is 705. The zero-order valence-electron chi connectivity index (χ0n) is 18.0. The molecule has 0 radical (unpaired) electrons. The fourth-order valence-corrected chi connectivity index (χ4v) is 2.73. The van der Waals surface area contributed by atoms with Crippen molar-refractivity contribution in [2.75, 3.05) is 0 Å². The molecule has 0 bridgehead atoms. The third-order valence-electron chi connectivity index (χ3n) is 5.04. The molecule has 2 N–H and O–H groups in total. The van der Waals surface area contributed by atoms with Crippen molar-refractivity contribution >= 4 is 18.7 Å². The van der Waals surface area contributed by atoms with Gasteiger partial charge in [0.25, 0.3) is 0 Å². The zero-order valence-corrected chi connectivity index (χ0v) is 18.0. The number of aliphatic hydroxyl groups is 1. The molecule has 1 amide bonds. The van der Waals surface area contributed by atoms with Gasteiger partial charge in [0.05, 0.1) is 17.2 Å². The van der Waals surface area contributed by atoms with E-state index in [4.69, 9.17) is 14.0 Å². The van der Waals surface area contributed by atoms with Crippen LogP contribution >= 0.6 is 0 Å². The van der Waals surface area contributed by atoms with Crippen LogP contribution in [0.5, 0.6) is 0 Å². The SMILES string of the molecule is C=C(O)C(Cc1ccc(B2OC(C)(C)C(C)(C)O2)cc1)NC(=O)OC(C)(C)C. The largest absolute Gasteiger partial charge is 0.511 e. The highest BCUT2D eigenvalue weighted by atomic mass is 16.7. The second-order valence-corrected chi connectivity index (χ2v) is 9.22. The molecule has 1 saturated heterocycles. The number of ether oxygens (including phenoxy) is 1. The number of rotatable bonds is 5. The number of hydrogen-bond acceptors (Lipinski definition) is 5. The average molecular weight is 389 g/mol. The molecular formula is C21H32BNO5. The maximum Gasteiger partial charge on any atom is 0.494 e. The molecule has 7 heteroatoms. The van der Waals surface area contributed by atoms with Gasteiger partial charge in [-0.3, -0.25) is 0 Å². The number of hydrogen-bond donors (Lipinski definition) is 2. The Balaban J connectivity index is 2.04. The van der Waals surface area contributed by atoms with E-state index in [1.165, 1.54) is 0 Å². The van der Waals surface area contributed by atoms with E-state index in [1.54, 1.807) is 20.8 Å². The summed E-state index contributed by atoms with van der Waals surface area (Å²) in [5, 5.41) is 12.5. The van der Waals surface area contributed by atoms with E-state index in [0.717, 1.165) is 11.0 Å². The van der Waals surface area contributed by atoms with Gasteiger partial charge in [0.1, 0.15) is 11.4 Å². The van der Waals surface area contributed by atoms with Gasteiger partial charge in [0.15, 0.2) is 0 Å². The second-order valence-electron chi connectivity index (χ2n) is 9.22. The lowest BCUT2D eigenvalue weighted by Gasteiger charge is -2.32. The summed E-state index contributed by atoms with van der Waals surface area (Å²) >= 11 is 0. The molecule has 1 fully saturated rings. The van der Waals surface area contributed by atoms with Crippen molar-refractivity contribution in [3.63, 3.8) is 0 Å². The first-order valence-corrected chi connectivity index (χ1v) is 9.52. The lowest BCUT2D eigenvalue weighted by molar-refractivity contribution is 0.00578. The predicted octanol–water partition coefficient (Wildman–Crippen LogP) is 3.49. The minimum Gasteiger partial charge on any atom is -0.511 e. The van der Waals surface area contributed by atoms with Crippen LogP contribution in [0, 0.1) is 0 Å². The first kappa shape index (κ1) is 22.3. The molecule has 1 atom stereocenters. The third-order valence-corrected chi connectivity index (χ3v) is 5.04. The number of alkyl carbamates (subject to hydrolysis) is 1. The molecule has 2 rings (SSSR count). The average Bonchev–Trinajstić information content (AvgIpc) is 2.73. The fourth-order valence-electron chi connectivity index (χ4n) is 2.73. The van der Waals surface area contributed by atoms with E-state index in [2.05, 4.69) is 11.9 Å². The van der Waals surface area contributed by atoms with Crippen LogP contribution in [0.25, 0.3) is 0 Å². The quantitative estimate of drug-likeness (QED) is 0.596. The highest BCUT2D eigenvalue weighted by molar-refractivity contribution is 6.62. The van der Waals surface area contributed by atoms with E-state index >= 15 is 0 Å². The summed E-state index contributed by atoms with van der Waals surface area (Å²) in [6.45, 7) is 17.0. The van der Waals surface area contributed by atoms with Gasteiger partial charge in [-0.2, -0.15) is 0 Å². The Morgan fingerprint density at radius 1 is 1.18 bits per heavy atom. The van der Waals surface area contributed by atoms with Gasteiger partial charge in [-0.1, -0.05) is 30.8 Å². The predicted molar refractivity (Wildman–Crippen MR) is 111 cm³/mol. The normalized spacial score (nSPS) is 19.2. The summed E-state index contributed by atoms with van der Waals surface area (Å²) in [6, 6.07) is 7.07. The number of benzene rings is 1. The highest BCUT2D eigenvalue weighted by Crippen LogP contribution is 2.36. The minimum absolute atomic E-state index is 0.124. The van der Waals surface area contributed by atoms with Gasteiger partial charge in [0, 0.05) is 0 Å². The molecule has 1 aliphatic rings. The van der Waals surface area contributed by atoms with E-state index in [0.29, 0.717) is 6.42 Å². The first-order valence-electron chi connectivity index (χ1n) is 9.52. The first-order chi connectivity index (χ1) is 12.7. The Morgan fingerprint density at radius 3 is 2.11 bits per heavy atom. The summed E-state index contributed by atoms with van der Waals surface area (Å²) in [5.74, 6) is -0.124. The number of carbonyl (C=O) groups is 1. The maximum absolute atomic E-state index is 12.0. The summed E-state index contributed by atoms with van der Waals surface area (Å²) in [6.07, 6.45) is -0.209. The third kappa shape index (κ3) is 5.52. The molecule has 1 aromatic rings. The topological polar surface area (TPSA) is 77.0 Å². The molecular weight excluding hydrogens is 357 g/mol. The van der Waals surface area contributed by atoms with E-state index in [1.807, 2.05) is 52.0 Å². The van der Waals surface area contributed by atoms with Crippen LogP contribution in [0.3, 0.4) is 0 Å². The maximum atomic E-state index is 12.0. The number of nitrogens with one attached hydrogen (secondary N) is 1. The Labute approximate surface area is 168 Å². The Hall–Kier alpha value is -1.99. The Morgan fingerprint density at radius 2 is 1.68 bits per heavy atom. The molecule has 0 spiro atoms. The molecule has 6 nitrogen and oxygen atoms in total. The number of carbonyl (C=O) groups excluding carboxylic acids is 1. The molecule has 0 aliphatic carbocycles. The van der Waals surface area contributed by atoms with Gasteiger partial charge in [-0.05, 0) is 65.9 Å². The summed E-state index contributed by atoms with van der Waals surface area (Å²) in [7, 11) is -0.428. The van der Waals surface area contributed by atoms with Crippen molar-refractivity contribution in [3.8, 4) is 0 Å². The zero-order chi connectivity index (χ0) is 21.3. The molecule has 154 valence electrons. The van der Waals surface area contributed by atoms with Gasteiger partial charge >= 0.3 is 13.2 Å². The van der Waals surface area contributed by atoms with Crippen LogP contribution in [0.2, 0.25) is 0 Å². The van der Waals surface area contributed by atoms with Gasteiger partial charge in [-0.25, -0.2) is 4.79 Å². The fraction of sp³-hybridized carbons (Fsp3) is 0.571. The molecule has 0 saturated carbocycles. The van der Waals surface area contributed by atoms with Crippen LogP contribution < -0.4 is 10.8 Å². The van der Waals surface area contributed by atoms with Crippen LogP contribution in [0.1, 0.15) is 54.0 Å². The molecule has 1 aromatic carbocycles. The van der Waals surface area contributed by atoms with E-state index in [-0.39, 0.29) is 5.76 Å². The standard InChI is InChI=1S/C21H32BNO5/c1-14(24)17(23-18(25)26-19(2,3)4)13-15-9-11-16(12-10-15)22-27-20(5,6)21(7,8)28-22/h9-12,17,24H,1,13H2,2-8H3,(H,23,25). The molecule has 1 unspecified atom stereocenters. The molecule has 28 heavy (non-hydrogen) atoms. The number of aliphatic hydroxyl groups excluding tert-OH is 1. The monoisotopic (exact) mass is 389 g/mol. The smallest absolute Gasteiger partial charge is 0.494 e. The van der Waals surface area contributed by atoms with E-state index < -0.39 is 36.1 Å². The molecule has 1 heterocycles. The minimum atomic E-state index is -0.641. The lowest BCUT2D eigenvalue weighted by atomic mass is 9.78. The van der Waals surface area contributed by atoms with Gasteiger partial charge in [0.2, 0.25) is 0 Å². The van der Waals surface area contributed by atoms with Crippen molar-refractivity contribution in [2.45, 2.75) is 77.7 Å². The van der Waals surface area contributed by atoms with Crippen LogP contribution in [-0.4, -0.2) is 41.2 Å². The number of amides is 1. The van der Waals surface area contributed by atoms with Crippen LogP contribution in [0.15, 0.2) is 36.6 Å². The summed E-state index contributed by atoms with van der Waals surface area (Å²) in [4.78, 5) is 12.0. The van der Waals surface area contributed by atoms with Crippen molar-refractivity contribution in [1.82, 2.24) is 5.32 Å². The summed E-state index contributed by atoms with van der Waals surface area (Å²) in [5.41, 5.74) is 0.440. The summed E-state index contributed by atoms with van der Waals surface area (Å²) < 4.78 is 17.4. The van der Waals surface area contributed by atoms with E-state index in [9.17, 15) is 9.90 Å². The van der Waals surface area contributed by atoms with Crippen molar-refractivity contribution in [1.29, 1.82) is 0 Å². The molecule has 1 aliphatic heterocycles. The highest BCUT2D eigenvalue weighted by Gasteiger charge is 2.51. The lowest BCUT2D eigenvalue weighted by Crippen LogP contribution is -2.41. The van der Waals surface area contributed by atoms with Crippen molar-refractivity contribution in [2.24, 2.45) is 0 Å². The molecule has 0 aromatic heterocycles. The van der Waals surface area contributed by atoms with Gasteiger partial charge in [-0.15, -0.1) is 0 Å². The van der Waals surface area contributed by atoms with Crippen LogP contribution in [-0.2, 0) is 20.5 Å².